The van der Waals surface area contributed by atoms with Crippen molar-refractivity contribution < 1.29 is 4.79 Å². The maximum atomic E-state index is 12.2. The Balaban J connectivity index is 1.34. The zero-order valence-electron chi connectivity index (χ0n) is 13.3. The number of aromatic nitrogens is 5. The van der Waals surface area contributed by atoms with Gasteiger partial charge in [0.15, 0.2) is 11.6 Å². The second kappa shape index (κ2) is 6.85. The van der Waals surface area contributed by atoms with Crippen LogP contribution < -0.4 is 10.2 Å². The van der Waals surface area contributed by atoms with Crippen molar-refractivity contribution in [2.75, 3.05) is 36.4 Å². The Bertz CT molecular complexity index is 810. The van der Waals surface area contributed by atoms with Crippen LogP contribution in [0.15, 0.2) is 42.3 Å². The number of piperazine rings is 1. The van der Waals surface area contributed by atoms with Crippen molar-refractivity contribution >= 4 is 28.2 Å². The standard InChI is InChI=1S/C15H16N8OS/c24-15(18-14-2-1-9-25-14)22-7-5-21(6-8-22)12-3-4-13(20-19-12)23-11-16-10-17-23/h1-4,9-11H,5-8H2,(H,18,24). The van der Waals surface area contributed by atoms with E-state index in [-0.39, 0.29) is 6.03 Å². The molecule has 25 heavy (non-hydrogen) atoms. The predicted octanol–water partition coefficient (Wildman–Crippen LogP) is 1.47. The number of rotatable bonds is 3. The van der Waals surface area contributed by atoms with Gasteiger partial charge in [0.2, 0.25) is 0 Å². The number of carbonyl (C=O) groups excluding carboxylic acids is 1. The monoisotopic (exact) mass is 356 g/mol. The van der Waals surface area contributed by atoms with Crippen molar-refractivity contribution in [1.29, 1.82) is 0 Å². The number of carbonyl (C=O) groups is 1. The highest BCUT2D eigenvalue weighted by atomic mass is 32.1. The minimum Gasteiger partial charge on any atom is -0.352 e. The van der Waals surface area contributed by atoms with E-state index >= 15 is 0 Å². The minimum atomic E-state index is -0.0604. The molecule has 0 radical (unpaired) electrons. The SMILES string of the molecule is O=C(Nc1cccs1)N1CCN(c2ccc(-n3cncn3)nn2)CC1. The summed E-state index contributed by atoms with van der Waals surface area (Å²) >= 11 is 1.51. The Morgan fingerprint density at radius 2 is 1.88 bits per heavy atom. The fraction of sp³-hybridized carbons (Fsp3) is 0.267. The van der Waals surface area contributed by atoms with Gasteiger partial charge in [-0.05, 0) is 29.6 Å². The van der Waals surface area contributed by atoms with Gasteiger partial charge in [0.05, 0.1) is 5.00 Å². The minimum absolute atomic E-state index is 0.0604. The molecule has 0 spiro atoms. The van der Waals surface area contributed by atoms with E-state index in [1.54, 1.807) is 11.0 Å². The number of urea groups is 1. The number of anilines is 2. The lowest BCUT2D eigenvalue weighted by Crippen LogP contribution is -2.50. The van der Waals surface area contributed by atoms with Gasteiger partial charge in [-0.15, -0.1) is 21.5 Å². The molecule has 0 bridgehead atoms. The smallest absolute Gasteiger partial charge is 0.322 e. The van der Waals surface area contributed by atoms with Crippen LogP contribution in [0.3, 0.4) is 0 Å². The molecule has 10 heteroatoms. The Kier molecular flexibility index (Phi) is 4.25. The number of hydrogen-bond donors (Lipinski definition) is 1. The third-order valence-electron chi connectivity index (χ3n) is 3.93. The summed E-state index contributed by atoms with van der Waals surface area (Å²) < 4.78 is 1.56. The summed E-state index contributed by atoms with van der Waals surface area (Å²) in [5.74, 6) is 1.41. The Morgan fingerprint density at radius 3 is 2.52 bits per heavy atom. The molecule has 1 fully saturated rings. The molecule has 0 atom stereocenters. The Labute approximate surface area is 147 Å². The van der Waals surface area contributed by atoms with Crippen molar-refractivity contribution in [1.82, 2.24) is 29.9 Å². The fourth-order valence-electron chi connectivity index (χ4n) is 2.61. The fourth-order valence-corrected chi connectivity index (χ4v) is 3.22. The zero-order chi connectivity index (χ0) is 17.1. The molecular formula is C15H16N8OS. The Hall–Kier alpha value is -3.01. The maximum absolute atomic E-state index is 12.2. The molecule has 0 saturated carbocycles. The molecule has 3 aromatic heterocycles. The quantitative estimate of drug-likeness (QED) is 0.764. The lowest BCUT2D eigenvalue weighted by Gasteiger charge is -2.35. The van der Waals surface area contributed by atoms with Gasteiger partial charge in [-0.2, -0.15) is 5.10 Å². The number of nitrogens with one attached hydrogen (secondary N) is 1. The summed E-state index contributed by atoms with van der Waals surface area (Å²) in [5, 5.41) is 18.2. The van der Waals surface area contributed by atoms with Crippen LogP contribution in [0.2, 0.25) is 0 Å². The molecule has 1 aliphatic heterocycles. The van der Waals surface area contributed by atoms with Gasteiger partial charge >= 0.3 is 6.03 Å². The van der Waals surface area contributed by atoms with Gasteiger partial charge in [0.25, 0.3) is 0 Å². The number of thiophene rings is 1. The van der Waals surface area contributed by atoms with Crippen LogP contribution >= 0.6 is 11.3 Å². The average Bonchev–Trinajstić information content (AvgIpc) is 3.36. The maximum Gasteiger partial charge on any atom is 0.322 e. The summed E-state index contributed by atoms with van der Waals surface area (Å²) in [4.78, 5) is 20.1. The lowest BCUT2D eigenvalue weighted by molar-refractivity contribution is 0.208. The summed E-state index contributed by atoms with van der Waals surface area (Å²) in [6.07, 6.45) is 3.03. The zero-order valence-corrected chi connectivity index (χ0v) is 14.1. The van der Waals surface area contributed by atoms with Gasteiger partial charge in [0.1, 0.15) is 12.7 Å². The van der Waals surface area contributed by atoms with Crippen molar-refractivity contribution in [3.05, 3.63) is 42.3 Å². The number of hydrogen-bond acceptors (Lipinski definition) is 7. The summed E-state index contributed by atoms with van der Waals surface area (Å²) in [6.45, 7) is 2.72. The molecule has 2 amide bonds. The molecule has 0 aromatic carbocycles. The summed E-state index contributed by atoms with van der Waals surface area (Å²) in [6, 6.07) is 7.51. The highest BCUT2D eigenvalue weighted by Crippen LogP contribution is 2.17. The molecule has 1 saturated heterocycles. The summed E-state index contributed by atoms with van der Waals surface area (Å²) in [5.41, 5.74) is 0. The predicted molar refractivity (Wildman–Crippen MR) is 94.1 cm³/mol. The van der Waals surface area contributed by atoms with Crippen LogP contribution in [-0.2, 0) is 0 Å². The van der Waals surface area contributed by atoms with E-state index in [4.69, 9.17) is 0 Å². The molecule has 9 nitrogen and oxygen atoms in total. The second-order valence-electron chi connectivity index (χ2n) is 5.47. The van der Waals surface area contributed by atoms with Crippen LogP contribution in [0.25, 0.3) is 5.82 Å². The highest BCUT2D eigenvalue weighted by molar-refractivity contribution is 7.14. The van der Waals surface area contributed by atoms with Gasteiger partial charge in [-0.25, -0.2) is 14.5 Å². The first-order valence-corrected chi connectivity index (χ1v) is 8.71. The molecule has 0 aliphatic carbocycles. The molecule has 128 valence electrons. The second-order valence-corrected chi connectivity index (χ2v) is 6.42. The van der Waals surface area contributed by atoms with Crippen molar-refractivity contribution in [2.24, 2.45) is 0 Å². The van der Waals surface area contributed by atoms with Crippen LogP contribution in [-0.4, -0.2) is 62.1 Å². The van der Waals surface area contributed by atoms with Crippen LogP contribution in [0, 0.1) is 0 Å². The van der Waals surface area contributed by atoms with Crippen molar-refractivity contribution in [3.63, 3.8) is 0 Å². The van der Waals surface area contributed by atoms with E-state index in [1.165, 1.54) is 17.7 Å². The first kappa shape index (κ1) is 15.5. The lowest BCUT2D eigenvalue weighted by atomic mass is 10.3. The van der Waals surface area contributed by atoms with E-state index in [0.717, 1.165) is 23.9 Å². The van der Waals surface area contributed by atoms with E-state index < -0.39 is 0 Å². The molecule has 4 heterocycles. The molecule has 4 rings (SSSR count). The summed E-state index contributed by atoms with van der Waals surface area (Å²) in [7, 11) is 0. The molecule has 1 N–H and O–H groups in total. The molecule has 1 aliphatic rings. The molecule has 3 aromatic rings. The van der Waals surface area contributed by atoms with Crippen LogP contribution in [0.1, 0.15) is 0 Å². The topological polar surface area (TPSA) is 92.1 Å². The Morgan fingerprint density at radius 1 is 1.08 bits per heavy atom. The first-order chi connectivity index (χ1) is 12.3. The largest absolute Gasteiger partial charge is 0.352 e. The van der Waals surface area contributed by atoms with Gasteiger partial charge in [-0.1, -0.05) is 0 Å². The number of amides is 2. The molecular weight excluding hydrogens is 340 g/mol. The van der Waals surface area contributed by atoms with Gasteiger partial charge < -0.3 is 9.80 Å². The van der Waals surface area contributed by atoms with Crippen molar-refractivity contribution in [3.8, 4) is 5.82 Å². The van der Waals surface area contributed by atoms with E-state index in [9.17, 15) is 4.79 Å². The molecule has 0 unspecified atom stereocenters. The normalized spacial score (nSPS) is 14.6. The highest BCUT2D eigenvalue weighted by Gasteiger charge is 2.22. The third kappa shape index (κ3) is 3.43. The number of nitrogens with zero attached hydrogens (tertiary/aromatic N) is 7. The third-order valence-corrected chi connectivity index (χ3v) is 4.72. The van der Waals surface area contributed by atoms with E-state index in [2.05, 4.69) is 30.5 Å². The van der Waals surface area contributed by atoms with Crippen molar-refractivity contribution in [2.45, 2.75) is 0 Å². The first-order valence-electron chi connectivity index (χ1n) is 7.83. The van der Waals surface area contributed by atoms with E-state index in [1.807, 2.05) is 34.5 Å². The van der Waals surface area contributed by atoms with Gasteiger partial charge in [-0.3, -0.25) is 5.32 Å². The van der Waals surface area contributed by atoms with Crippen LogP contribution in [0.4, 0.5) is 15.6 Å². The van der Waals surface area contributed by atoms with Gasteiger partial charge in [0, 0.05) is 26.2 Å². The average molecular weight is 356 g/mol. The van der Waals surface area contributed by atoms with E-state index in [0.29, 0.717) is 18.9 Å². The van der Waals surface area contributed by atoms with Crippen LogP contribution in [0.5, 0.6) is 0 Å².